The van der Waals surface area contributed by atoms with E-state index in [9.17, 15) is 10.2 Å². The summed E-state index contributed by atoms with van der Waals surface area (Å²) in [5.74, 6) is 0. The number of methoxy groups -OCH3 is 1. The molecule has 100 valence electrons. The van der Waals surface area contributed by atoms with Crippen molar-refractivity contribution in [1.29, 1.82) is 0 Å². The van der Waals surface area contributed by atoms with E-state index in [0.29, 0.717) is 6.61 Å². The second-order valence-corrected chi connectivity index (χ2v) is 4.26. The molecule has 2 rings (SSSR count). The lowest BCUT2D eigenvalue weighted by atomic mass is 10.1. The van der Waals surface area contributed by atoms with Crippen molar-refractivity contribution >= 4 is 0 Å². The van der Waals surface area contributed by atoms with Gasteiger partial charge in [-0.2, -0.15) is 0 Å². The van der Waals surface area contributed by atoms with Gasteiger partial charge in [0.1, 0.15) is 18.3 Å². The van der Waals surface area contributed by atoms with E-state index in [1.807, 2.05) is 30.3 Å². The molecule has 1 fully saturated rings. The monoisotopic (exact) mass is 254 g/mol. The second kappa shape index (κ2) is 6.26. The Bertz CT molecular complexity index is 354. The van der Waals surface area contributed by atoms with Gasteiger partial charge in [0.25, 0.3) is 0 Å². The van der Waals surface area contributed by atoms with Crippen LogP contribution in [-0.2, 0) is 20.8 Å². The molecule has 0 unspecified atom stereocenters. The topological polar surface area (TPSA) is 68.2 Å². The maximum atomic E-state index is 9.88. The van der Waals surface area contributed by atoms with Crippen LogP contribution in [-0.4, -0.2) is 48.5 Å². The summed E-state index contributed by atoms with van der Waals surface area (Å²) in [7, 11) is 1.48. The molecule has 1 aromatic carbocycles. The third-order valence-corrected chi connectivity index (χ3v) is 2.95. The number of ether oxygens (including phenoxy) is 3. The maximum absolute atomic E-state index is 9.88. The Morgan fingerprint density at radius 2 is 2.00 bits per heavy atom. The molecule has 0 amide bonds. The third kappa shape index (κ3) is 3.07. The number of rotatable bonds is 4. The molecular weight excluding hydrogens is 236 g/mol. The third-order valence-electron chi connectivity index (χ3n) is 2.95. The predicted molar refractivity (Wildman–Crippen MR) is 63.8 cm³/mol. The molecular formula is C13H18O5. The van der Waals surface area contributed by atoms with Crippen LogP contribution in [0.25, 0.3) is 0 Å². The molecule has 1 saturated heterocycles. The number of hydrogen-bond acceptors (Lipinski definition) is 5. The summed E-state index contributed by atoms with van der Waals surface area (Å²) < 4.78 is 15.9. The zero-order valence-electron chi connectivity index (χ0n) is 10.2. The molecule has 1 aliphatic rings. The van der Waals surface area contributed by atoms with Gasteiger partial charge in [-0.1, -0.05) is 30.3 Å². The van der Waals surface area contributed by atoms with Crippen LogP contribution in [0.5, 0.6) is 0 Å². The lowest BCUT2D eigenvalue weighted by molar-refractivity contribution is -0.276. The van der Waals surface area contributed by atoms with Crippen LogP contribution in [0.2, 0.25) is 0 Å². The Kier molecular flexibility index (Phi) is 4.68. The summed E-state index contributed by atoms with van der Waals surface area (Å²) in [6.07, 6.45) is -3.31. The van der Waals surface area contributed by atoms with E-state index in [-0.39, 0.29) is 6.61 Å². The van der Waals surface area contributed by atoms with Gasteiger partial charge in [-0.15, -0.1) is 0 Å². The van der Waals surface area contributed by atoms with E-state index in [1.165, 1.54) is 7.11 Å². The lowest BCUT2D eigenvalue weighted by Crippen LogP contribution is -2.54. The SMILES string of the molecule is CO[C@@H]1OC[C@@H](O)[C@H](O)[C@H]1OCc1ccccc1. The van der Waals surface area contributed by atoms with Crippen LogP contribution in [0.4, 0.5) is 0 Å². The average Bonchev–Trinajstić information content (AvgIpc) is 2.41. The Balaban J connectivity index is 1.96. The molecule has 0 bridgehead atoms. The van der Waals surface area contributed by atoms with Gasteiger partial charge >= 0.3 is 0 Å². The van der Waals surface area contributed by atoms with Crippen LogP contribution in [0.3, 0.4) is 0 Å². The molecule has 18 heavy (non-hydrogen) atoms. The highest BCUT2D eigenvalue weighted by Crippen LogP contribution is 2.20. The Morgan fingerprint density at radius 3 is 2.67 bits per heavy atom. The van der Waals surface area contributed by atoms with E-state index in [4.69, 9.17) is 14.2 Å². The lowest BCUT2D eigenvalue weighted by Gasteiger charge is -2.37. The van der Waals surface area contributed by atoms with Crippen LogP contribution < -0.4 is 0 Å². The van der Waals surface area contributed by atoms with Crippen molar-refractivity contribution in [1.82, 2.24) is 0 Å². The summed E-state index contributed by atoms with van der Waals surface area (Å²) in [6, 6.07) is 9.59. The normalized spacial score (nSPS) is 32.4. The van der Waals surface area contributed by atoms with Crippen molar-refractivity contribution in [3.63, 3.8) is 0 Å². The summed E-state index contributed by atoms with van der Waals surface area (Å²) in [5, 5.41) is 19.4. The predicted octanol–water partition coefficient (Wildman–Crippen LogP) is 0.296. The van der Waals surface area contributed by atoms with Gasteiger partial charge < -0.3 is 24.4 Å². The molecule has 0 spiro atoms. The highest BCUT2D eigenvalue weighted by Gasteiger charge is 2.39. The molecule has 5 nitrogen and oxygen atoms in total. The largest absolute Gasteiger partial charge is 0.388 e. The molecule has 2 N–H and O–H groups in total. The first-order chi connectivity index (χ1) is 8.72. The van der Waals surface area contributed by atoms with Gasteiger partial charge in [0.15, 0.2) is 6.29 Å². The molecule has 1 aliphatic heterocycles. The number of aliphatic hydroxyl groups is 2. The quantitative estimate of drug-likeness (QED) is 0.808. The van der Waals surface area contributed by atoms with E-state index < -0.39 is 24.6 Å². The average molecular weight is 254 g/mol. The van der Waals surface area contributed by atoms with E-state index in [2.05, 4.69) is 0 Å². The van der Waals surface area contributed by atoms with E-state index in [0.717, 1.165) is 5.56 Å². The van der Waals surface area contributed by atoms with Crippen LogP contribution in [0.15, 0.2) is 30.3 Å². The maximum Gasteiger partial charge on any atom is 0.186 e. The minimum absolute atomic E-state index is 0.0465. The van der Waals surface area contributed by atoms with Gasteiger partial charge in [-0.25, -0.2) is 0 Å². The van der Waals surface area contributed by atoms with Gasteiger partial charge in [-0.3, -0.25) is 0 Å². The van der Waals surface area contributed by atoms with E-state index >= 15 is 0 Å². The number of aliphatic hydroxyl groups excluding tert-OH is 2. The Labute approximate surface area is 106 Å². The highest BCUT2D eigenvalue weighted by molar-refractivity contribution is 5.13. The minimum Gasteiger partial charge on any atom is -0.388 e. The van der Waals surface area contributed by atoms with E-state index in [1.54, 1.807) is 0 Å². The number of benzene rings is 1. The first-order valence-corrected chi connectivity index (χ1v) is 5.88. The summed E-state index contributed by atoms with van der Waals surface area (Å²) in [4.78, 5) is 0. The fourth-order valence-corrected chi connectivity index (χ4v) is 1.91. The summed E-state index contributed by atoms with van der Waals surface area (Å²) in [5.41, 5.74) is 0.986. The molecule has 1 aromatic rings. The van der Waals surface area contributed by atoms with Crippen molar-refractivity contribution in [2.75, 3.05) is 13.7 Å². The Hall–Kier alpha value is -0.980. The zero-order chi connectivity index (χ0) is 13.0. The van der Waals surface area contributed by atoms with Gasteiger partial charge in [0, 0.05) is 7.11 Å². The van der Waals surface area contributed by atoms with Gasteiger partial charge in [0.05, 0.1) is 13.2 Å². The summed E-state index contributed by atoms with van der Waals surface area (Å²) >= 11 is 0. The van der Waals surface area contributed by atoms with Crippen molar-refractivity contribution in [3.05, 3.63) is 35.9 Å². The van der Waals surface area contributed by atoms with Gasteiger partial charge in [-0.05, 0) is 5.56 Å². The molecule has 0 aromatic heterocycles. The van der Waals surface area contributed by atoms with Crippen LogP contribution >= 0.6 is 0 Å². The standard InChI is InChI=1S/C13H18O5/c1-16-13-12(11(15)10(14)8-18-13)17-7-9-5-3-2-4-6-9/h2-6,10-15H,7-8H2,1H3/t10-,11+,12-,13-/m1/s1. The smallest absolute Gasteiger partial charge is 0.186 e. The van der Waals surface area contributed by atoms with Crippen molar-refractivity contribution < 1.29 is 24.4 Å². The first kappa shape index (κ1) is 13.5. The van der Waals surface area contributed by atoms with Crippen molar-refractivity contribution in [2.45, 2.75) is 31.2 Å². The van der Waals surface area contributed by atoms with Crippen LogP contribution in [0.1, 0.15) is 5.56 Å². The molecule has 0 saturated carbocycles. The van der Waals surface area contributed by atoms with Crippen molar-refractivity contribution in [3.8, 4) is 0 Å². The number of hydrogen-bond donors (Lipinski definition) is 2. The highest BCUT2D eigenvalue weighted by atomic mass is 16.7. The fourth-order valence-electron chi connectivity index (χ4n) is 1.91. The summed E-state index contributed by atoms with van der Waals surface area (Å²) in [6.45, 7) is 0.378. The molecule has 0 aliphatic carbocycles. The molecule has 0 radical (unpaired) electrons. The van der Waals surface area contributed by atoms with Crippen molar-refractivity contribution in [2.24, 2.45) is 0 Å². The molecule has 4 atom stereocenters. The van der Waals surface area contributed by atoms with Gasteiger partial charge in [0.2, 0.25) is 0 Å². The second-order valence-electron chi connectivity index (χ2n) is 4.26. The van der Waals surface area contributed by atoms with Crippen LogP contribution in [0, 0.1) is 0 Å². The first-order valence-electron chi connectivity index (χ1n) is 5.88. The molecule has 5 heteroatoms. The zero-order valence-corrected chi connectivity index (χ0v) is 10.2. The molecule has 1 heterocycles. The fraction of sp³-hybridized carbons (Fsp3) is 0.538. The minimum atomic E-state index is -1.01. The Morgan fingerprint density at radius 1 is 1.28 bits per heavy atom.